The first-order chi connectivity index (χ1) is 12.4. The minimum absolute atomic E-state index is 0.157. The second kappa shape index (κ2) is 9.02. The number of ether oxygens (including phenoxy) is 1. The molecule has 8 heteroatoms. The smallest absolute Gasteiger partial charge is 0.240 e. The van der Waals surface area contributed by atoms with E-state index in [9.17, 15) is 13.2 Å². The third-order valence-corrected chi connectivity index (χ3v) is 5.50. The minimum atomic E-state index is -3.46. The molecular formula is C18H21ClN2O4S. The molecule has 140 valence electrons. The van der Waals surface area contributed by atoms with Crippen LogP contribution in [-0.4, -0.2) is 28.0 Å². The molecule has 2 aromatic rings. The fourth-order valence-corrected chi connectivity index (χ4v) is 3.63. The number of carbonyl (C=O) groups is 1. The Morgan fingerprint density at radius 2 is 1.85 bits per heavy atom. The molecule has 26 heavy (non-hydrogen) atoms. The summed E-state index contributed by atoms with van der Waals surface area (Å²) < 4.78 is 31.3. The Labute approximate surface area is 158 Å². The van der Waals surface area contributed by atoms with Crippen LogP contribution in [0.1, 0.15) is 18.9 Å². The molecule has 6 nitrogen and oxygen atoms in total. The first kappa shape index (κ1) is 20.2. The molecule has 2 N–H and O–H groups in total. The molecule has 0 saturated heterocycles. The average molecular weight is 397 g/mol. The number of nitrogens with one attached hydrogen (secondary N) is 2. The van der Waals surface area contributed by atoms with E-state index in [4.69, 9.17) is 16.3 Å². The average Bonchev–Trinajstić information content (AvgIpc) is 2.60. The maximum absolute atomic E-state index is 12.1. The summed E-state index contributed by atoms with van der Waals surface area (Å²) in [4.78, 5) is 12.3. The third-order valence-electron chi connectivity index (χ3n) is 3.64. The Morgan fingerprint density at radius 1 is 1.15 bits per heavy atom. The van der Waals surface area contributed by atoms with E-state index >= 15 is 0 Å². The molecule has 1 amide bonds. The topological polar surface area (TPSA) is 84.5 Å². The summed E-state index contributed by atoms with van der Waals surface area (Å²) in [7, 11) is -1.94. The third kappa shape index (κ3) is 5.45. The van der Waals surface area contributed by atoms with Crippen molar-refractivity contribution in [3.8, 4) is 5.75 Å². The highest BCUT2D eigenvalue weighted by Crippen LogP contribution is 2.27. The molecule has 0 fully saturated rings. The first-order valence-corrected chi connectivity index (χ1v) is 9.94. The highest BCUT2D eigenvalue weighted by molar-refractivity contribution is 7.89. The molecule has 0 atom stereocenters. The fraction of sp³-hybridized carbons (Fsp3) is 0.278. The van der Waals surface area contributed by atoms with Crippen LogP contribution in [0, 0.1) is 0 Å². The summed E-state index contributed by atoms with van der Waals surface area (Å²) in [6.45, 7) is 2.06. The number of carbonyl (C=O) groups excluding carboxylic acids is 1. The number of methoxy groups -OCH3 is 1. The fourth-order valence-electron chi connectivity index (χ4n) is 2.33. The van der Waals surface area contributed by atoms with Crippen LogP contribution in [0.5, 0.6) is 5.75 Å². The van der Waals surface area contributed by atoms with E-state index in [1.807, 2.05) is 0 Å². The molecule has 0 saturated carbocycles. The quantitative estimate of drug-likeness (QED) is 0.717. The molecule has 0 bridgehead atoms. The van der Waals surface area contributed by atoms with Crippen molar-refractivity contribution in [2.24, 2.45) is 0 Å². The van der Waals surface area contributed by atoms with Crippen molar-refractivity contribution < 1.29 is 17.9 Å². The number of hydrogen-bond acceptors (Lipinski definition) is 4. The molecule has 2 rings (SSSR count). The van der Waals surface area contributed by atoms with Crippen molar-refractivity contribution >= 4 is 33.2 Å². The first-order valence-electron chi connectivity index (χ1n) is 8.07. The van der Waals surface area contributed by atoms with Crippen molar-refractivity contribution in [2.75, 3.05) is 19.0 Å². The van der Waals surface area contributed by atoms with Crippen LogP contribution in [0.4, 0.5) is 5.69 Å². The van der Waals surface area contributed by atoms with E-state index in [-0.39, 0.29) is 17.2 Å². The second-order valence-corrected chi connectivity index (χ2v) is 7.72. The summed E-state index contributed by atoms with van der Waals surface area (Å²) in [5.74, 6) is 0.382. The van der Waals surface area contributed by atoms with Crippen molar-refractivity contribution in [3.05, 3.63) is 53.1 Å². The van der Waals surface area contributed by atoms with Gasteiger partial charge in [-0.15, -0.1) is 0 Å². The summed E-state index contributed by atoms with van der Waals surface area (Å²) in [6.07, 6.45) is 0.764. The number of anilines is 1. The van der Waals surface area contributed by atoms with Crippen LogP contribution in [-0.2, 0) is 21.2 Å². The van der Waals surface area contributed by atoms with Gasteiger partial charge in [0.05, 0.1) is 17.0 Å². The minimum Gasteiger partial charge on any atom is -0.495 e. The maximum atomic E-state index is 12.1. The Balaban J connectivity index is 1.92. The van der Waals surface area contributed by atoms with E-state index in [1.54, 1.807) is 37.3 Å². The Kier molecular flexibility index (Phi) is 7.02. The van der Waals surface area contributed by atoms with Gasteiger partial charge in [-0.1, -0.05) is 30.7 Å². The highest BCUT2D eigenvalue weighted by atomic mass is 35.5. The zero-order valence-corrected chi connectivity index (χ0v) is 16.2. The van der Waals surface area contributed by atoms with Crippen molar-refractivity contribution in [1.82, 2.24) is 4.72 Å². The summed E-state index contributed by atoms with van der Waals surface area (Å²) >= 11 is 6.03. The van der Waals surface area contributed by atoms with E-state index in [2.05, 4.69) is 10.0 Å². The molecule has 0 aliphatic rings. The van der Waals surface area contributed by atoms with E-state index in [0.717, 1.165) is 5.56 Å². The molecule has 0 heterocycles. The van der Waals surface area contributed by atoms with Crippen LogP contribution in [0.3, 0.4) is 0 Å². The lowest BCUT2D eigenvalue weighted by molar-refractivity contribution is -0.116. The second-order valence-electron chi connectivity index (χ2n) is 5.54. The van der Waals surface area contributed by atoms with Gasteiger partial charge in [-0.25, -0.2) is 13.1 Å². The number of hydrogen-bond donors (Lipinski definition) is 2. The van der Waals surface area contributed by atoms with E-state index < -0.39 is 10.0 Å². The van der Waals surface area contributed by atoms with Gasteiger partial charge in [0, 0.05) is 18.7 Å². The van der Waals surface area contributed by atoms with Crippen LogP contribution < -0.4 is 14.8 Å². The lowest BCUT2D eigenvalue weighted by atomic mass is 10.1. The van der Waals surface area contributed by atoms with Crippen LogP contribution in [0.2, 0.25) is 5.02 Å². The number of aryl methyl sites for hydroxylation is 1. The predicted octanol–water partition coefficient (Wildman–Crippen LogP) is 3.22. The lowest BCUT2D eigenvalue weighted by Gasteiger charge is -2.09. The zero-order chi connectivity index (χ0) is 19.2. The number of halogens is 1. The largest absolute Gasteiger partial charge is 0.495 e. The van der Waals surface area contributed by atoms with Gasteiger partial charge in [0.2, 0.25) is 15.9 Å². The Morgan fingerprint density at radius 3 is 2.42 bits per heavy atom. The van der Waals surface area contributed by atoms with Crippen LogP contribution in [0.15, 0.2) is 47.4 Å². The van der Waals surface area contributed by atoms with Gasteiger partial charge in [-0.3, -0.25) is 4.79 Å². The van der Waals surface area contributed by atoms with Gasteiger partial charge in [-0.2, -0.15) is 0 Å². The van der Waals surface area contributed by atoms with Gasteiger partial charge >= 0.3 is 0 Å². The Hall–Kier alpha value is -2.09. The maximum Gasteiger partial charge on any atom is 0.240 e. The van der Waals surface area contributed by atoms with E-state index in [0.29, 0.717) is 29.4 Å². The monoisotopic (exact) mass is 396 g/mol. The highest BCUT2D eigenvalue weighted by Gasteiger charge is 2.12. The molecule has 0 radical (unpaired) electrons. The molecular weight excluding hydrogens is 376 g/mol. The molecule has 2 aromatic carbocycles. The van der Waals surface area contributed by atoms with Crippen molar-refractivity contribution in [1.29, 1.82) is 0 Å². The number of amides is 1. The van der Waals surface area contributed by atoms with Crippen molar-refractivity contribution in [3.63, 3.8) is 0 Å². The zero-order valence-electron chi connectivity index (χ0n) is 14.6. The normalized spacial score (nSPS) is 11.2. The van der Waals surface area contributed by atoms with Crippen molar-refractivity contribution in [2.45, 2.75) is 24.7 Å². The predicted molar refractivity (Wildman–Crippen MR) is 102 cm³/mol. The number of sulfonamides is 1. The SMILES string of the molecule is CCNS(=O)(=O)c1ccc(CCC(=O)Nc2ccc(OC)c(Cl)c2)cc1. The summed E-state index contributed by atoms with van der Waals surface area (Å²) in [5, 5.41) is 3.19. The number of benzene rings is 2. The molecule has 0 aliphatic carbocycles. The standard InChI is InChI=1S/C18H21ClN2O4S/c1-3-20-26(23,24)15-8-4-13(5-9-15)6-11-18(22)21-14-7-10-17(25-2)16(19)12-14/h4-5,7-10,12,20H,3,6,11H2,1-2H3,(H,21,22). The lowest BCUT2D eigenvalue weighted by Crippen LogP contribution is -2.23. The molecule has 0 aromatic heterocycles. The van der Waals surface area contributed by atoms with Gasteiger partial charge in [-0.05, 0) is 42.3 Å². The van der Waals surface area contributed by atoms with Gasteiger partial charge < -0.3 is 10.1 Å². The Bertz CT molecular complexity index is 867. The van der Waals surface area contributed by atoms with Gasteiger partial charge in [0.1, 0.15) is 5.75 Å². The number of rotatable bonds is 8. The van der Waals surface area contributed by atoms with E-state index in [1.165, 1.54) is 19.2 Å². The van der Waals surface area contributed by atoms with Crippen LogP contribution >= 0.6 is 11.6 Å². The van der Waals surface area contributed by atoms with Gasteiger partial charge in [0.25, 0.3) is 0 Å². The summed E-state index contributed by atoms with van der Waals surface area (Å²) in [6, 6.07) is 11.5. The summed E-state index contributed by atoms with van der Waals surface area (Å²) in [5.41, 5.74) is 1.47. The van der Waals surface area contributed by atoms with Gasteiger partial charge in [0.15, 0.2) is 0 Å². The molecule has 0 aliphatic heterocycles. The van der Waals surface area contributed by atoms with Crippen LogP contribution in [0.25, 0.3) is 0 Å². The molecule has 0 spiro atoms. The molecule has 0 unspecified atom stereocenters.